The summed E-state index contributed by atoms with van der Waals surface area (Å²) in [6.07, 6.45) is 2.79. The Hall–Kier alpha value is -1.74. The molecule has 0 spiro atoms. The summed E-state index contributed by atoms with van der Waals surface area (Å²) in [5, 5.41) is 7.57. The highest BCUT2D eigenvalue weighted by Gasteiger charge is 2.25. The van der Waals surface area contributed by atoms with Crippen molar-refractivity contribution >= 4 is 47.4 Å². The summed E-state index contributed by atoms with van der Waals surface area (Å²) >= 11 is 6.29. The first kappa shape index (κ1) is 23.5. The van der Waals surface area contributed by atoms with Crippen LogP contribution >= 0.6 is 35.6 Å². The summed E-state index contributed by atoms with van der Waals surface area (Å²) in [4.78, 5) is 11.4. The molecule has 0 bridgehead atoms. The Balaban J connectivity index is 0.00000300. The number of nitrogens with zero attached hydrogens (tertiary/aromatic N) is 3. The zero-order valence-electron chi connectivity index (χ0n) is 16.9. The summed E-state index contributed by atoms with van der Waals surface area (Å²) in [7, 11) is 0. The van der Waals surface area contributed by atoms with Gasteiger partial charge in [0.15, 0.2) is 5.96 Å². The van der Waals surface area contributed by atoms with E-state index < -0.39 is 0 Å². The second-order valence-electron chi connectivity index (χ2n) is 6.62. The summed E-state index contributed by atoms with van der Waals surface area (Å²) in [5.74, 6) is 2.55. The largest absolute Gasteiger partial charge is 0.494 e. The molecule has 1 atom stereocenters. The van der Waals surface area contributed by atoms with Crippen molar-refractivity contribution in [3.63, 3.8) is 0 Å². The van der Waals surface area contributed by atoms with Gasteiger partial charge < -0.3 is 20.3 Å². The fourth-order valence-corrected chi connectivity index (χ4v) is 3.53. The molecular formula is C21H29ClIN5O. The SMILES string of the molecule is CCNC(=NCc1ccccc1OCC)NC1CCN(c2ncccc2Cl)C1.I. The highest BCUT2D eigenvalue weighted by atomic mass is 127. The third kappa shape index (κ3) is 6.64. The normalized spacial score (nSPS) is 16.3. The maximum atomic E-state index is 6.29. The number of aromatic nitrogens is 1. The molecule has 1 fully saturated rings. The second-order valence-corrected chi connectivity index (χ2v) is 7.03. The van der Waals surface area contributed by atoms with Crippen molar-refractivity contribution in [1.82, 2.24) is 15.6 Å². The third-order valence-corrected chi connectivity index (χ3v) is 4.89. The van der Waals surface area contributed by atoms with Gasteiger partial charge in [0.05, 0.1) is 18.2 Å². The van der Waals surface area contributed by atoms with Crippen LogP contribution in [0.4, 0.5) is 5.82 Å². The van der Waals surface area contributed by atoms with Gasteiger partial charge >= 0.3 is 0 Å². The van der Waals surface area contributed by atoms with E-state index >= 15 is 0 Å². The molecule has 0 saturated carbocycles. The first-order chi connectivity index (χ1) is 13.7. The van der Waals surface area contributed by atoms with Crippen molar-refractivity contribution in [2.75, 3.05) is 31.1 Å². The molecular weight excluding hydrogens is 501 g/mol. The summed E-state index contributed by atoms with van der Waals surface area (Å²) in [5.41, 5.74) is 1.08. The van der Waals surface area contributed by atoms with Gasteiger partial charge in [-0.25, -0.2) is 9.98 Å². The maximum Gasteiger partial charge on any atom is 0.191 e. The Morgan fingerprint density at radius 2 is 2.10 bits per heavy atom. The van der Waals surface area contributed by atoms with Crippen molar-refractivity contribution in [2.24, 2.45) is 4.99 Å². The average molecular weight is 530 g/mol. The van der Waals surface area contributed by atoms with Crippen LogP contribution in [0.2, 0.25) is 5.02 Å². The highest BCUT2D eigenvalue weighted by molar-refractivity contribution is 14.0. The summed E-state index contributed by atoms with van der Waals surface area (Å²) in [6, 6.07) is 12.1. The molecule has 1 aromatic heterocycles. The van der Waals surface area contributed by atoms with E-state index in [-0.39, 0.29) is 30.0 Å². The number of guanidine groups is 1. The molecule has 0 amide bonds. The number of benzene rings is 1. The molecule has 1 aromatic carbocycles. The van der Waals surface area contributed by atoms with Crippen LogP contribution in [-0.2, 0) is 6.54 Å². The van der Waals surface area contributed by atoms with Crippen molar-refractivity contribution in [1.29, 1.82) is 0 Å². The van der Waals surface area contributed by atoms with Crippen LogP contribution in [-0.4, -0.2) is 43.2 Å². The Kier molecular flexibility index (Phi) is 9.80. The first-order valence-electron chi connectivity index (χ1n) is 9.82. The van der Waals surface area contributed by atoms with Gasteiger partial charge in [-0.15, -0.1) is 24.0 Å². The van der Waals surface area contributed by atoms with E-state index in [1.54, 1.807) is 6.20 Å². The van der Waals surface area contributed by atoms with Crippen molar-refractivity contribution in [3.8, 4) is 5.75 Å². The highest BCUT2D eigenvalue weighted by Crippen LogP contribution is 2.25. The molecule has 2 aromatic rings. The van der Waals surface area contributed by atoms with Gasteiger partial charge in [-0.1, -0.05) is 29.8 Å². The van der Waals surface area contributed by atoms with E-state index in [9.17, 15) is 0 Å². The van der Waals surface area contributed by atoms with E-state index in [4.69, 9.17) is 21.3 Å². The number of anilines is 1. The Bertz CT molecular complexity index is 804. The van der Waals surface area contributed by atoms with Crippen LogP contribution in [0.5, 0.6) is 5.75 Å². The number of hydrogen-bond donors (Lipinski definition) is 2. The lowest BCUT2D eigenvalue weighted by molar-refractivity contribution is 0.336. The summed E-state index contributed by atoms with van der Waals surface area (Å²) in [6.45, 7) is 7.84. The van der Waals surface area contributed by atoms with E-state index in [0.29, 0.717) is 18.2 Å². The van der Waals surface area contributed by atoms with Gasteiger partial charge in [-0.3, -0.25) is 0 Å². The molecule has 29 heavy (non-hydrogen) atoms. The molecule has 1 unspecified atom stereocenters. The molecule has 0 aliphatic carbocycles. The minimum Gasteiger partial charge on any atom is -0.494 e. The zero-order chi connectivity index (χ0) is 19.8. The topological polar surface area (TPSA) is 61.8 Å². The molecule has 2 heterocycles. The Morgan fingerprint density at radius 1 is 1.28 bits per heavy atom. The Labute approximate surface area is 195 Å². The lowest BCUT2D eigenvalue weighted by Crippen LogP contribution is -2.44. The van der Waals surface area contributed by atoms with Gasteiger partial charge in [0.1, 0.15) is 11.6 Å². The quantitative estimate of drug-likeness (QED) is 0.321. The molecule has 2 N–H and O–H groups in total. The summed E-state index contributed by atoms with van der Waals surface area (Å²) < 4.78 is 5.70. The number of rotatable bonds is 7. The first-order valence-corrected chi connectivity index (χ1v) is 10.2. The van der Waals surface area contributed by atoms with Crippen LogP contribution < -0.4 is 20.3 Å². The number of para-hydroxylation sites is 1. The van der Waals surface area contributed by atoms with E-state index in [1.807, 2.05) is 37.3 Å². The predicted molar refractivity (Wildman–Crippen MR) is 131 cm³/mol. The number of aliphatic imine (C=N–C) groups is 1. The third-order valence-electron chi connectivity index (χ3n) is 4.59. The van der Waals surface area contributed by atoms with Crippen molar-refractivity contribution in [2.45, 2.75) is 32.9 Å². The number of hydrogen-bond acceptors (Lipinski definition) is 4. The minimum absolute atomic E-state index is 0. The number of ether oxygens (including phenoxy) is 1. The predicted octanol–water partition coefficient (Wildman–Crippen LogP) is 4.09. The van der Waals surface area contributed by atoms with E-state index in [1.165, 1.54) is 0 Å². The standard InChI is InChI=1S/C21H28ClN5O.HI/c1-3-23-21(25-14-16-8-5-6-10-19(16)28-4-2)26-17-11-13-27(15-17)20-18(22)9-7-12-24-20;/h5-10,12,17H,3-4,11,13-15H2,1-2H3,(H2,23,25,26);1H. The maximum absolute atomic E-state index is 6.29. The second kappa shape index (κ2) is 12.1. The minimum atomic E-state index is 0. The molecule has 158 valence electrons. The fraction of sp³-hybridized carbons (Fsp3) is 0.429. The molecule has 1 aliphatic heterocycles. The molecule has 0 radical (unpaired) electrons. The van der Waals surface area contributed by atoms with Crippen LogP contribution in [0.1, 0.15) is 25.8 Å². The average Bonchev–Trinajstić information content (AvgIpc) is 3.16. The van der Waals surface area contributed by atoms with Gasteiger partial charge in [0.25, 0.3) is 0 Å². The van der Waals surface area contributed by atoms with Gasteiger partial charge in [-0.2, -0.15) is 0 Å². The monoisotopic (exact) mass is 529 g/mol. The van der Waals surface area contributed by atoms with Crippen LogP contribution in [0.3, 0.4) is 0 Å². The fourth-order valence-electron chi connectivity index (χ4n) is 3.29. The van der Waals surface area contributed by atoms with Crippen molar-refractivity contribution in [3.05, 3.63) is 53.2 Å². The Morgan fingerprint density at radius 3 is 2.86 bits per heavy atom. The van der Waals surface area contributed by atoms with Crippen LogP contribution in [0.25, 0.3) is 0 Å². The number of nitrogens with one attached hydrogen (secondary N) is 2. The van der Waals surface area contributed by atoms with Crippen LogP contribution in [0, 0.1) is 0 Å². The molecule has 8 heteroatoms. The van der Waals surface area contributed by atoms with E-state index in [0.717, 1.165) is 49.1 Å². The lowest BCUT2D eigenvalue weighted by Gasteiger charge is -2.20. The van der Waals surface area contributed by atoms with E-state index in [2.05, 4.69) is 33.5 Å². The molecule has 1 saturated heterocycles. The van der Waals surface area contributed by atoms with Gasteiger partial charge in [-0.05, 0) is 38.5 Å². The molecule has 6 nitrogen and oxygen atoms in total. The molecule has 3 rings (SSSR count). The zero-order valence-corrected chi connectivity index (χ0v) is 20.0. The smallest absolute Gasteiger partial charge is 0.191 e. The van der Waals surface area contributed by atoms with Crippen LogP contribution in [0.15, 0.2) is 47.6 Å². The van der Waals surface area contributed by atoms with Gasteiger partial charge in [0, 0.05) is 37.4 Å². The lowest BCUT2D eigenvalue weighted by atomic mass is 10.2. The van der Waals surface area contributed by atoms with Gasteiger partial charge in [0.2, 0.25) is 0 Å². The number of pyridine rings is 1. The van der Waals surface area contributed by atoms with Crippen molar-refractivity contribution < 1.29 is 4.74 Å². The number of halogens is 2. The molecule has 1 aliphatic rings.